The Kier molecular flexibility index (Phi) is 5.96. The number of pyridine rings is 1. The SMILES string of the molecule is Cc1nccn1-c1ccc(CNc2ncc(C(=O)N3CCOCC3)cc2Cl)cc1F. The predicted molar refractivity (Wildman–Crippen MR) is 112 cm³/mol. The van der Waals surface area contributed by atoms with Gasteiger partial charge in [-0.1, -0.05) is 17.7 Å². The van der Waals surface area contributed by atoms with E-state index in [4.69, 9.17) is 16.3 Å². The molecule has 9 heteroatoms. The number of anilines is 1. The van der Waals surface area contributed by atoms with Crippen molar-refractivity contribution in [1.29, 1.82) is 0 Å². The van der Waals surface area contributed by atoms with Gasteiger partial charge in [0.25, 0.3) is 5.91 Å². The molecule has 2 aromatic heterocycles. The Morgan fingerprint density at radius 2 is 2.07 bits per heavy atom. The number of carbonyl (C=O) groups is 1. The summed E-state index contributed by atoms with van der Waals surface area (Å²) < 4.78 is 21.5. The molecule has 30 heavy (non-hydrogen) atoms. The largest absolute Gasteiger partial charge is 0.378 e. The fraction of sp³-hybridized carbons (Fsp3) is 0.286. The van der Waals surface area contributed by atoms with Crippen LogP contribution in [-0.2, 0) is 11.3 Å². The van der Waals surface area contributed by atoms with Gasteiger partial charge in [0.05, 0.1) is 29.5 Å². The van der Waals surface area contributed by atoms with E-state index in [9.17, 15) is 9.18 Å². The quantitative estimate of drug-likeness (QED) is 0.672. The first-order valence-corrected chi connectivity index (χ1v) is 9.96. The molecule has 1 saturated heterocycles. The lowest BCUT2D eigenvalue weighted by molar-refractivity contribution is 0.0302. The number of halogens is 2. The summed E-state index contributed by atoms with van der Waals surface area (Å²) in [6.07, 6.45) is 4.85. The van der Waals surface area contributed by atoms with Gasteiger partial charge >= 0.3 is 0 Å². The van der Waals surface area contributed by atoms with Gasteiger partial charge in [0.1, 0.15) is 17.5 Å². The normalized spacial score (nSPS) is 14.0. The second-order valence-corrected chi connectivity index (χ2v) is 7.35. The molecule has 1 N–H and O–H groups in total. The zero-order valence-corrected chi connectivity index (χ0v) is 17.2. The number of aromatic nitrogens is 3. The fourth-order valence-corrected chi connectivity index (χ4v) is 3.54. The smallest absolute Gasteiger partial charge is 0.255 e. The van der Waals surface area contributed by atoms with E-state index >= 15 is 0 Å². The predicted octanol–water partition coefficient (Wildman–Crippen LogP) is 3.45. The molecule has 1 aliphatic heterocycles. The van der Waals surface area contributed by atoms with E-state index in [1.54, 1.807) is 34.0 Å². The Morgan fingerprint density at radius 3 is 2.73 bits per heavy atom. The van der Waals surface area contributed by atoms with Crippen LogP contribution in [0.1, 0.15) is 21.7 Å². The molecular weight excluding hydrogens is 409 g/mol. The Labute approximate surface area is 178 Å². The van der Waals surface area contributed by atoms with Crippen molar-refractivity contribution in [3.8, 4) is 5.69 Å². The van der Waals surface area contributed by atoms with Crippen LogP contribution in [0.4, 0.5) is 10.2 Å². The second kappa shape index (κ2) is 8.81. The zero-order valence-electron chi connectivity index (χ0n) is 16.4. The third-order valence-electron chi connectivity index (χ3n) is 4.94. The number of ether oxygens (including phenoxy) is 1. The highest BCUT2D eigenvalue weighted by Gasteiger charge is 2.19. The molecule has 0 bridgehead atoms. The van der Waals surface area contributed by atoms with Gasteiger partial charge in [-0.05, 0) is 30.7 Å². The van der Waals surface area contributed by atoms with Crippen molar-refractivity contribution in [2.75, 3.05) is 31.6 Å². The summed E-state index contributed by atoms with van der Waals surface area (Å²) in [5.41, 5.74) is 1.61. The molecule has 1 aliphatic rings. The molecule has 1 fully saturated rings. The van der Waals surface area contributed by atoms with Crippen molar-refractivity contribution in [3.05, 3.63) is 70.6 Å². The Hall–Kier alpha value is -2.97. The van der Waals surface area contributed by atoms with Crippen LogP contribution in [0, 0.1) is 12.7 Å². The van der Waals surface area contributed by atoms with Gasteiger partial charge in [-0.15, -0.1) is 0 Å². The monoisotopic (exact) mass is 429 g/mol. The molecular formula is C21H21ClFN5O2. The Bertz CT molecular complexity index is 1070. The van der Waals surface area contributed by atoms with E-state index in [0.29, 0.717) is 60.8 Å². The molecule has 0 atom stereocenters. The maximum atomic E-state index is 14.5. The van der Waals surface area contributed by atoms with Gasteiger partial charge in [0.15, 0.2) is 0 Å². The Morgan fingerprint density at radius 1 is 1.27 bits per heavy atom. The van der Waals surface area contributed by atoms with Crippen LogP contribution in [-0.4, -0.2) is 51.6 Å². The third kappa shape index (κ3) is 4.29. The standard InChI is InChI=1S/C21H21ClFN5O2/c1-14-24-4-5-28(14)19-3-2-15(10-18(19)23)12-25-20-17(22)11-16(13-26-20)21(29)27-6-8-30-9-7-27/h2-5,10-11,13H,6-9,12H2,1H3,(H,25,26). The molecule has 7 nitrogen and oxygen atoms in total. The lowest BCUT2D eigenvalue weighted by Crippen LogP contribution is -2.40. The first-order chi connectivity index (χ1) is 14.5. The molecule has 4 rings (SSSR count). The second-order valence-electron chi connectivity index (χ2n) is 6.94. The number of nitrogens with one attached hydrogen (secondary N) is 1. The number of morpholine rings is 1. The van der Waals surface area contributed by atoms with Gasteiger partial charge in [-0.3, -0.25) is 4.79 Å². The van der Waals surface area contributed by atoms with E-state index in [1.807, 2.05) is 13.0 Å². The number of amides is 1. The maximum absolute atomic E-state index is 14.5. The molecule has 0 radical (unpaired) electrons. The fourth-order valence-electron chi connectivity index (χ4n) is 3.31. The lowest BCUT2D eigenvalue weighted by Gasteiger charge is -2.26. The maximum Gasteiger partial charge on any atom is 0.255 e. The van der Waals surface area contributed by atoms with Crippen molar-refractivity contribution in [2.45, 2.75) is 13.5 Å². The lowest BCUT2D eigenvalue weighted by atomic mass is 10.2. The molecule has 1 aromatic carbocycles. The zero-order chi connectivity index (χ0) is 21.1. The summed E-state index contributed by atoms with van der Waals surface area (Å²) in [5.74, 6) is 0.681. The van der Waals surface area contributed by atoms with E-state index < -0.39 is 0 Å². The molecule has 0 saturated carbocycles. The van der Waals surface area contributed by atoms with Crippen molar-refractivity contribution in [3.63, 3.8) is 0 Å². The van der Waals surface area contributed by atoms with Crippen LogP contribution < -0.4 is 5.32 Å². The average Bonchev–Trinajstić information content (AvgIpc) is 3.18. The van der Waals surface area contributed by atoms with E-state index in [1.165, 1.54) is 12.3 Å². The van der Waals surface area contributed by atoms with E-state index in [0.717, 1.165) is 5.56 Å². The summed E-state index contributed by atoms with van der Waals surface area (Å²) >= 11 is 6.32. The minimum absolute atomic E-state index is 0.119. The highest BCUT2D eigenvalue weighted by atomic mass is 35.5. The molecule has 3 aromatic rings. The van der Waals surface area contributed by atoms with Crippen LogP contribution in [0.3, 0.4) is 0 Å². The molecule has 0 aliphatic carbocycles. The number of nitrogens with zero attached hydrogens (tertiary/aromatic N) is 4. The van der Waals surface area contributed by atoms with Crippen LogP contribution in [0.15, 0.2) is 42.9 Å². The number of rotatable bonds is 5. The van der Waals surface area contributed by atoms with Crippen LogP contribution in [0.2, 0.25) is 5.02 Å². The van der Waals surface area contributed by atoms with Crippen molar-refractivity contribution in [2.24, 2.45) is 0 Å². The summed E-state index contributed by atoms with van der Waals surface area (Å²) in [6, 6.07) is 6.60. The summed E-state index contributed by atoms with van der Waals surface area (Å²) in [4.78, 5) is 22.6. The summed E-state index contributed by atoms with van der Waals surface area (Å²) in [6.45, 7) is 4.32. The molecule has 156 valence electrons. The average molecular weight is 430 g/mol. The van der Waals surface area contributed by atoms with Crippen LogP contribution in [0.5, 0.6) is 0 Å². The van der Waals surface area contributed by atoms with Gasteiger partial charge < -0.3 is 19.5 Å². The van der Waals surface area contributed by atoms with Crippen LogP contribution >= 0.6 is 11.6 Å². The number of imidazole rings is 1. The van der Waals surface area contributed by atoms with Crippen molar-refractivity contribution >= 4 is 23.3 Å². The number of benzene rings is 1. The van der Waals surface area contributed by atoms with Crippen LogP contribution in [0.25, 0.3) is 5.69 Å². The van der Waals surface area contributed by atoms with Gasteiger partial charge in [-0.2, -0.15) is 0 Å². The van der Waals surface area contributed by atoms with Gasteiger partial charge in [0.2, 0.25) is 0 Å². The molecule has 1 amide bonds. The Balaban J connectivity index is 1.43. The highest BCUT2D eigenvalue weighted by molar-refractivity contribution is 6.33. The first-order valence-electron chi connectivity index (χ1n) is 9.58. The van der Waals surface area contributed by atoms with Crippen molar-refractivity contribution < 1.29 is 13.9 Å². The molecule has 0 spiro atoms. The summed E-state index contributed by atoms with van der Waals surface area (Å²) in [7, 11) is 0. The van der Waals surface area contributed by atoms with E-state index in [-0.39, 0.29) is 11.7 Å². The minimum Gasteiger partial charge on any atom is -0.378 e. The number of aryl methyl sites for hydroxylation is 1. The third-order valence-corrected chi connectivity index (χ3v) is 5.23. The van der Waals surface area contributed by atoms with Crippen molar-refractivity contribution in [1.82, 2.24) is 19.4 Å². The number of carbonyl (C=O) groups excluding carboxylic acids is 1. The molecule has 0 unspecified atom stereocenters. The van der Waals surface area contributed by atoms with E-state index in [2.05, 4.69) is 15.3 Å². The highest BCUT2D eigenvalue weighted by Crippen LogP contribution is 2.23. The minimum atomic E-state index is -0.346. The number of hydrogen-bond donors (Lipinski definition) is 1. The molecule has 3 heterocycles. The number of hydrogen-bond acceptors (Lipinski definition) is 5. The first kappa shape index (κ1) is 20.3. The topological polar surface area (TPSA) is 72.3 Å². The van der Waals surface area contributed by atoms with Gasteiger partial charge in [-0.25, -0.2) is 14.4 Å². The summed E-state index contributed by atoms with van der Waals surface area (Å²) in [5, 5.41) is 3.43. The van der Waals surface area contributed by atoms with Gasteiger partial charge in [0, 0.05) is 38.2 Å².